The second kappa shape index (κ2) is 7.85. The summed E-state index contributed by atoms with van der Waals surface area (Å²) in [6.07, 6.45) is 8.84. The standard InChI is InChI=1S/C24H30N6O2/c1-29(2)24(18-6-4-3-5-7-18)12-10-23(11-13-24)16-30(22(32)28-23)19-14-25-21(26-15-19)27-20(31)17-8-9-17/h3-7,14-15,17H,8-13,16H2,1-2H3,(H,28,32)(H,25,26,27,31)/t23-,24+. The van der Waals surface area contributed by atoms with Crippen molar-refractivity contribution in [1.29, 1.82) is 0 Å². The molecule has 8 heteroatoms. The van der Waals surface area contributed by atoms with Crippen LogP contribution >= 0.6 is 0 Å². The Labute approximate surface area is 188 Å². The average Bonchev–Trinajstić information content (AvgIpc) is 3.60. The van der Waals surface area contributed by atoms with E-state index in [9.17, 15) is 9.59 Å². The van der Waals surface area contributed by atoms with Crippen molar-refractivity contribution in [3.05, 3.63) is 48.3 Å². The van der Waals surface area contributed by atoms with E-state index in [2.05, 4.69) is 69.9 Å². The maximum atomic E-state index is 12.9. The van der Waals surface area contributed by atoms with Gasteiger partial charge in [0.2, 0.25) is 11.9 Å². The van der Waals surface area contributed by atoms with Gasteiger partial charge in [0.15, 0.2) is 0 Å². The molecule has 168 valence electrons. The number of nitrogens with zero attached hydrogens (tertiary/aromatic N) is 4. The van der Waals surface area contributed by atoms with Crippen LogP contribution in [0.15, 0.2) is 42.7 Å². The number of rotatable bonds is 5. The van der Waals surface area contributed by atoms with Crippen molar-refractivity contribution in [2.24, 2.45) is 5.92 Å². The van der Waals surface area contributed by atoms with Crippen LogP contribution in [0, 0.1) is 5.92 Å². The van der Waals surface area contributed by atoms with Crippen molar-refractivity contribution in [2.45, 2.75) is 49.6 Å². The molecular weight excluding hydrogens is 404 g/mol. The van der Waals surface area contributed by atoms with E-state index in [1.54, 1.807) is 17.3 Å². The fraction of sp³-hybridized carbons (Fsp3) is 0.500. The van der Waals surface area contributed by atoms with Gasteiger partial charge in [-0.15, -0.1) is 0 Å². The summed E-state index contributed by atoms with van der Waals surface area (Å²) >= 11 is 0. The number of hydrogen-bond acceptors (Lipinski definition) is 5. The third-order valence-electron chi connectivity index (χ3n) is 7.41. The highest BCUT2D eigenvalue weighted by Gasteiger charge is 2.50. The first-order valence-electron chi connectivity index (χ1n) is 11.4. The molecule has 0 atom stereocenters. The van der Waals surface area contributed by atoms with Gasteiger partial charge in [-0.1, -0.05) is 30.3 Å². The molecule has 1 aromatic carbocycles. The Bertz CT molecular complexity index is 995. The molecule has 2 heterocycles. The second-order valence-corrected chi connectivity index (χ2v) is 9.62. The monoisotopic (exact) mass is 434 g/mol. The van der Waals surface area contributed by atoms with Crippen LogP contribution in [0.4, 0.5) is 16.4 Å². The largest absolute Gasteiger partial charge is 0.330 e. The maximum Gasteiger partial charge on any atom is 0.322 e. The Morgan fingerprint density at radius 3 is 2.34 bits per heavy atom. The normalized spacial score (nSPS) is 27.6. The lowest BCUT2D eigenvalue weighted by atomic mass is 9.69. The summed E-state index contributed by atoms with van der Waals surface area (Å²) in [6.45, 7) is 0.598. The number of carbonyl (C=O) groups is 2. The van der Waals surface area contributed by atoms with Crippen LogP contribution in [0.25, 0.3) is 0 Å². The van der Waals surface area contributed by atoms with E-state index in [0.29, 0.717) is 12.2 Å². The number of urea groups is 1. The van der Waals surface area contributed by atoms with Gasteiger partial charge >= 0.3 is 6.03 Å². The molecular formula is C24H30N6O2. The molecule has 3 amide bonds. The highest BCUT2D eigenvalue weighted by Crippen LogP contribution is 2.46. The summed E-state index contributed by atoms with van der Waals surface area (Å²) in [5, 5.41) is 6.00. The van der Waals surface area contributed by atoms with Crippen LogP contribution in [-0.2, 0) is 10.3 Å². The lowest BCUT2D eigenvalue weighted by Gasteiger charge is -2.48. The molecule has 0 unspecified atom stereocenters. The van der Waals surface area contributed by atoms with E-state index in [0.717, 1.165) is 38.5 Å². The van der Waals surface area contributed by atoms with Crippen LogP contribution in [-0.4, -0.2) is 53.0 Å². The summed E-state index contributed by atoms with van der Waals surface area (Å²) in [7, 11) is 4.29. The molecule has 0 radical (unpaired) electrons. The molecule has 1 spiro atoms. The molecule has 32 heavy (non-hydrogen) atoms. The molecule has 2 aromatic rings. The van der Waals surface area contributed by atoms with Crippen molar-refractivity contribution in [2.75, 3.05) is 30.9 Å². The van der Waals surface area contributed by atoms with Crippen molar-refractivity contribution < 1.29 is 9.59 Å². The zero-order chi connectivity index (χ0) is 22.3. The Morgan fingerprint density at radius 2 is 1.75 bits per heavy atom. The molecule has 2 saturated carbocycles. The van der Waals surface area contributed by atoms with E-state index in [4.69, 9.17) is 0 Å². The van der Waals surface area contributed by atoms with Crippen molar-refractivity contribution in [1.82, 2.24) is 20.2 Å². The molecule has 0 bridgehead atoms. The first-order chi connectivity index (χ1) is 15.4. The number of amides is 3. The Kier molecular flexibility index (Phi) is 5.12. The van der Waals surface area contributed by atoms with Gasteiger partial charge in [0.1, 0.15) is 0 Å². The minimum absolute atomic E-state index is 0.0187. The number of hydrogen-bond donors (Lipinski definition) is 2. The molecule has 1 aromatic heterocycles. The van der Waals surface area contributed by atoms with Crippen LogP contribution in [0.5, 0.6) is 0 Å². The van der Waals surface area contributed by atoms with Gasteiger partial charge in [0.05, 0.1) is 30.2 Å². The van der Waals surface area contributed by atoms with Crippen molar-refractivity contribution in [3.8, 4) is 0 Å². The molecule has 1 aliphatic heterocycles. The zero-order valence-electron chi connectivity index (χ0n) is 18.7. The first-order valence-corrected chi connectivity index (χ1v) is 11.4. The third-order valence-corrected chi connectivity index (χ3v) is 7.41. The van der Waals surface area contributed by atoms with E-state index in [-0.39, 0.29) is 34.9 Å². The first kappa shape index (κ1) is 20.9. The lowest BCUT2D eigenvalue weighted by molar-refractivity contribution is -0.117. The molecule has 2 N–H and O–H groups in total. The van der Waals surface area contributed by atoms with Gasteiger partial charge in [-0.05, 0) is 58.2 Å². The van der Waals surface area contributed by atoms with Crippen LogP contribution in [0.3, 0.4) is 0 Å². The van der Waals surface area contributed by atoms with Gasteiger partial charge < -0.3 is 5.32 Å². The van der Waals surface area contributed by atoms with Gasteiger partial charge in [0, 0.05) is 11.5 Å². The Morgan fingerprint density at radius 1 is 1.09 bits per heavy atom. The minimum Gasteiger partial charge on any atom is -0.330 e. The van der Waals surface area contributed by atoms with Crippen LogP contribution in [0.1, 0.15) is 44.1 Å². The lowest BCUT2D eigenvalue weighted by Crippen LogP contribution is -2.54. The smallest absolute Gasteiger partial charge is 0.322 e. The molecule has 3 fully saturated rings. The predicted octanol–water partition coefficient (Wildman–Crippen LogP) is 3.12. The summed E-state index contributed by atoms with van der Waals surface area (Å²) in [4.78, 5) is 37.3. The molecule has 1 saturated heterocycles. The van der Waals surface area contributed by atoms with Gasteiger partial charge in [-0.2, -0.15) is 0 Å². The fourth-order valence-corrected chi connectivity index (χ4v) is 5.17. The highest BCUT2D eigenvalue weighted by atomic mass is 16.2. The molecule has 5 rings (SSSR count). The van der Waals surface area contributed by atoms with E-state index >= 15 is 0 Å². The molecule has 8 nitrogen and oxygen atoms in total. The summed E-state index contributed by atoms with van der Waals surface area (Å²) in [5.74, 6) is 0.357. The van der Waals surface area contributed by atoms with Gasteiger partial charge in [0.25, 0.3) is 0 Å². The molecule has 3 aliphatic rings. The van der Waals surface area contributed by atoms with Gasteiger partial charge in [-0.25, -0.2) is 14.8 Å². The summed E-state index contributed by atoms with van der Waals surface area (Å²) in [6, 6.07) is 10.6. The minimum atomic E-state index is -0.246. The summed E-state index contributed by atoms with van der Waals surface area (Å²) in [5.41, 5.74) is 1.72. The second-order valence-electron chi connectivity index (χ2n) is 9.62. The van der Waals surface area contributed by atoms with E-state index in [1.165, 1.54) is 5.56 Å². The quantitative estimate of drug-likeness (QED) is 0.755. The third kappa shape index (κ3) is 3.72. The average molecular weight is 435 g/mol. The Hall–Kier alpha value is -3.00. The predicted molar refractivity (Wildman–Crippen MR) is 122 cm³/mol. The number of nitrogens with one attached hydrogen (secondary N) is 2. The fourth-order valence-electron chi connectivity index (χ4n) is 5.17. The number of benzene rings is 1. The van der Waals surface area contributed by atoms with E-state index < -0.39 is 0 Å². The van der Waals surface area contributed by atoms with Crippen LogP contribution in [0.2, 0.25) is 0 Å². The van der Waals surface area contributed by atoms with Crippen molar-refractivity contribution in [3.63, 3.8) is 0 Å². The summed E-state index contributed by atoms with van der Waals surface area (Å²) < 4.78 is 0. The maximum absolute atomic E-state index is 12.9. The SMILES string of the molecule is CN(C)[C@]1(c2ccccc2)CC[C@]2(CC1)CN(c1cnc(NC(=O)C3CC3)nc1)C(=O)N2. The number of anilines is 2. The van der Waals surface area contributed by atoms with Crippen molar-refractivity contribution >= 4 is 23.6 Å². The Balaban J connectivity index is 1.28. The number of carbonyl (C=O) groups excluding carboxylic acids is 2. The topological polar surface area (TPSA) is 90.5 Å². The number of aromatic nitrogens is 2. The molecule has 2 aliphatic carbocycles. The van der Waals surface area contributed by atoms with E-state index in [1.807, 2.05) is 0 Å². The van der Waals surface area contributed by atoms with Gasteiger partial charge in [-0.3, -0.25) is 19.9 Å². The van der Waals surface area contributed by atoms with Crippen LogP contribution < -0.4 is 15.5 Å². The zero-order valence-corrected chi connectivity index (χ0v) is 18.7. The highest BCUT2D eigenvalue weighted by molar-refractivity contribution is 5.95.